The summed E-state index contributed by atoms with van der Waals surface area (Å²) in [6.45, 7) is 3.71. The van der Waals surface area contributed by atoms with Crippen LogP contribution in [0.5, 0.6) is 0 Å². The van der Waals surface area contributed by atoms with Crippen LogP contribution in [0.1, 0.15) is 19.0 Å². The molecule has 0 aliphatic carbocycles. The summed E-state index contributed by atoms with van der Waals surface area (Å²) in [7, 11) is 1.97. The number of hydrazine groups is 1. The van der Waals surface area contributed by atoms with E-state index in [-0.39, 0.29) is 0 Å². The lowest BCUT2D eigenvalue weighted by Crippen LogP contribution is -2.43. The van der Waals surface area contributed by atoms with Gasteiger partial charge in [-0.05, 0) is 18.6 Å². The maximum absolute atomic E-state index is 5.45. The number of nitrogens with two attached hydrogens (primary N) is 1. The first-order chi connectivity index (χ1) is 8.27. The predicted molar refractivity (Wildman–Crippen MR) is 70.5 cm³/mol. The fourth-order valence-corrected chi connectivity index (χ4v) is 1.43. The third kappa shape index (κ3) is 4.82. The molecule has 1 heterocycles. The molecular weight excluding hydrogens is 214 g/mol. The molecule has 0 amide bonds. The van der Waals surface area contributed by atoms with E-state index in [1.165, 1.54) is 0 Å². The number of hydrogen-bond acceptors (Lipinski definition) is 3. The van der Waals surface area contributed by atoms with Crippen LogP contribution in [0.2, 0.25) is 0 Å². The SMILES string of the molecule is CCCN=C(NN)N(C)CCc1ccccn1. The highest BCUT2D eigenvalue weighted by Gasteiger charge is 2.04. The quantitative estimate of drug-likeness (QED) is 0.343. The number of pyridine rings is 1. The maximum Gasteiger partial charge on any atom is 0.208 e. The lowest BCUT2D eigenvalue weighted by Gasteiger charge is -2.20. The van der Waals surface area contributed by atoms with E-state index in [1.807, 2.05) is 36.3 Å². The van der Waals surface area contributed by atoms with Crippen molar-refractivity contribution in [1.29, 1.82) is 0 Å². The van der Waals surface area contributed by atoms with E-state index in [9.17, 15) is 0 Å². The zero-order chi connectivity index (χ0) is 12.5. The fourth-order valence-electron chi connectivity index (χ4n) is 1.43. The molecule has 0 saturated heterocycles. The Balaban J connectivity index is 2.45. The summed E-state index contributed by atoms with van der Waals surface area (Å²) >= 11 is 0. The average molecular weight is 235 g/mol. The lowest BCUT2D eigenvalue weighted by atomic mass is 10.2. The van der Waals surface area contributed by atoms with Crippen LogP contribution in [0.15, 0.2) is 29.4 Å². The first kappa shape index (κ1) is 13.4. The van der Waals surface area contributed by atoms with Gasteiger partial charge in [0.05, 0.1) is 0 Å². The molecule has 0 unspecified atom stereocenters. The molecule has 5 nitrogen and oxygen atoms in total. The van der Waals surface area contributed by atoms with Crippen LogP contribution in [-0.4, -0.2) is 36.0 Å². The average Bonchev–Trinajstić information content (AvgIpc) is 2.38. The van der Waals surface area contributed by atoms with E-state index in [2.05, 4.69) is 22.3 Å². The molecular formula is C12H21N5. The molecule has 5 heteroatoms. The van der Waals surface area contributed by atoms with Crippen molar-refractivity contribution >= 4 is 5.96 Å². The predicted octanol–water partition coefficient (Wildman–Crippen LogP) is 0.785. The molecule has 0 aromatic carbocycles. The monoisotopic (exact) mass is 235 g/mol. The molecule has 1 aromatic rings. The number of hydrogen-bond donors (Lipinski definition) is 2. The molecule has 94 valence electrons. The summed E-state index contributed by atoms with van der Waals surface area (Å²) in [4.78, 5) is 10.6. The van der Waals surface area contributed by atoms with Gasteiger partial charge in [-0.25, -0.2) is 5.84 Å². The van der Waals surface area contributed by atoms with Gasteiger partial charge in [-0.15, -0.1) is 0 Å². The van der Waals surface area contributed by atoms with E-state index < -0.39 is 0 Å². The highest BCUT2D eigenvalue weighted by molar-refractivity contribution is 5.79. The van der Waals surface area contributed by atoms with Crippen LogP contribution in [0.25, 0.3) is 0 Å². The molecule has 0 atom stereocenters. The van der Waals surface area contributed by atoms with Gasteiger partial charge >= 0.3 is 0 Å². The lowest BCUT2D eigenvalue weighted by molar-refractivity contribution is 0.482. The van der Waals surface area contributed by atoms with Crippen molar-refractivity contribution in [3.8, 4) is 0 Å². The van der Waals surface area contributed by atoms with E-state index in [0.717, 1.165) is 37.6 Å². The smallest absolute Gasteiger partial charge is 0.208 e. The molecule has 1 aromatic heterocycles. The van der Waals surface area contributed by atoms with E-state index >= 15 is 0 Å². The highest BCUT2D eigenvalue weighted by atomic mass is 15.4. The van der Waals surface area contributed by atoms with Crippen LogP contribution >= 0.6 is 0 Å². The minimum atomic E-state index is 0.725. The van der Waals surface area contributed by atoms with Crippen molar-refractivity contribution in [2.75, 3.05) is 20.1 Å². The Morgan fingerprint density at radius 2 is 2.35 bits per heavy atom. The Labute approximate surface area is 103 Å². The van der Waals surface area contributed by atoms with Crippen molar-refractivity contribution in [3.05, 3.63) is 30.1 Å². The van der Waals surface area contributed by atoms with Crippen LogP contribution in [-0.2, 0) is 6.42 Å². The van der Waals surface area contributed by atoms with Crippen molar-refractivity contribution < 1.29 is 0 Å². The van der Waals surface area contributed by atoms with Gasteiger partial charge in [0.15, 0.2) is 0 Å². The Kier molecular flexibility index (Phi) is 6.03. The van der Waals surface area contributed by atoms with Crippen molar-refractivity contribution in [2.45, 2.75) is 19.8 Å². The van der Waals surface area contributed by atoms with Gasteiger partial charge in [-0.3, -0.25) is 15.4 Å². The second-order valence-electron chi connectivity index (χ2n) is 3.84. The number of rotatable bonds is 5. The Hall–Kier alpha value is -1.62. The fraction of sp³-hybridized carbons (Fsp3) is 0.500. The number of nitrogens with zero attached hydrogens (tertiary/aromatic N) is 3. The third-order valence-electron chi connectivity index (χ3n) is 2.41. The molecule has 0 spiro atoms. The third-order valence-corrected chi connectivity index (χ3v) is 2.41. The summed E-state index contributed by atoms with van der Waals surface area (Å²) in [5, 5.41) is 0. The normalized spacial score (nSPS) is 11.4. The highest BCUT2D eigenvalue weighted by Crippen LogP contribution is 1.97. The minimum absolute atomic E-state index is 0.725. The molecule has 1 rings (SSSR count). The second-order valence-corrected chi connectivity index (χ2v) is 3.84. The largest absolute Gasteiger partial charge is 0.345 e. The molecule has 0 aliphatic heterocycles. The van der Waals surface area contributed by atoms with Gasteiger partial charge in [0.25, 0.3) is 0 Å². The van der Waals surface area contributed by atoms with Crippen LogP contribution in [0.3, 0.4) is 0 Å². The molecule has 0 radical (unpaired) electrons. The Morgan fingerprint density at radius 1 is 1.53 bits per heavy atom. The molecule has 3 N–H and O–H groups in total. The van der Waals surface area contributed by atoms with Gasteiger partial charge in [0.1, 0.15) is 0 Å². The number of nitrogens with one attached hydrogen (secondary N) is 1. The Morgan fingerprint density at radius 3 is 2.94 bits per heavy atom. The van der Waals surface area contributed by atoms with E-state index in [0.29, 0.717) is 0 Å². The van der Waals surface area contributed by atoms with Gasteiger partial charge in [0.2, 0.25) is 5.96 Å². The van der Waals surface area contributed by atoms with Gasteiger partial charge in [0, 0.05) is 38.4 Å². The van der Waals surface area contributed by atoms with Crippen molar-refractivity contribution in [2.24, 2.45) is 10.8 Å². The minimum Gasteiger partial charge on any atom is -0.345 e. The number of aromatic nitrogens is 1. The number of guanidine groups is 1. The Bertz CT molecular complexity index is 336. The molecule has 0 bridgehead atoms. The van der Waals surface area contributed by atoms with Crippen LogP contribution in [0, 0.1) is 0 Å². The van der Waals surface area contributed by atoms with Crippen molar-refractivity contribution in [3.63, 3.8) is 0 Å². The summed E-state index contributed by atoms with van der Waals surface area (Å²) in [5.41, 5.74) is 3.70. The summed E-state index contributed by atoms with van der Waals surface area (Å²) in [6, 6.07) is 5.94. The number of aliphatic imine (C=N–C) groups is 1. The number of likely N-dealkylation sites (N-methyl/N-ethyl adjacent to an activating group) is 1. The standard InChI is InChI=1S/C12H21N5/c1-3-8-15-12(16-13)17(2)10-7-11-6-4-5-9-14-11/h4-6,9H,3,7-8,10,13H2,1-2H3,(H,15,16). The van der Waals surface area contributed by atoms with Gasteiger partial charge < -0.3 is 4.90 Å². The molecule has 0 aliphatic rings. The molecule has 0 fully saturated rings. The van der Waals surface area contributed by atoms with Gasteiger partial charge in [-0.2, -0.15) is 0 Å². The zero-order valence-corrected chi connectivity index (χ0v) is 10.6. The molecule has 0 saturated carbocycles. The summed E-state index contributed by atoms with van der Waals surface area (Å²) < 4.78 is 0. The first-order valence-corrected chi connectivity index (χ1v) is 5.90. The topological polar surface area (TPSA) is 66.5 Å². The first-order valence-electron chi connectivity index (χ1n) is 5.90. The van der Waals surface area contributed by atoms with E-state index in [4.69, 9.17) is 5.84 Å². The maximum atomic E-state index is 5.45. The zero-order valence-electron chi connectivity index (χ0n) is 10.6. The molecule has 17 heavy (non-hydrogen) atoms. The van der Waals surface area contributed by atoms with Crippen LogP contribution in [0.4, 0.5) is 0 Å². The summed E-state index contributed by atoms with van der Waals surface area (Å²) in [5.74, 6) is 6.17. The van der Waals surface area contributed by atoms with E-state index in [1.54, 1.807) is 0 Å². The van der Waals surface area contributed by atoms with Crippen LogP contribution < -0.4 is 11.3 Å². The summed E-state index contributed by atoms with van der Waals surface area (Å²) in [6.07, 6.45) is 3.70. The van der Waals surface area contributed by atoms with Gasteiger partial charge in [-0.1, -0.05) is 13.0 Å². The van der Waals surface area contributed by atoms with Crippen molar-refractivity contribution in [1.82, 2.24) is 15.3 Å². The second kappa shape index (κ2) is 7.62.